The smallest absolute Gasteiger partial charge is 0.223 e. The third-order valence-electron chi connectivity index (χ3n) is 4.27. The van der Waals surface area contributed by atoms with Gasteiger partial charge < -0.3 is 10.1 Å². The van der Waals surface area contributed by atoms with Gasteiger partial charge in [-0.3, -0.25) is 9.89 Å². The Morgan fingerprint density at radius 3 is 2.74 bits per heavy atom. The van der Waals surface area contributed by atoms with Crippen LogP contribution in [0.15, 0.2) is 24.3 Å². The lowest BCUT2D eigenvalue weighted by Crippen LogP contribution is -2.31. The molecule has 0 bridgehead atoms. The molecule has 0 saturated heterocycles. The van der Waals surface area contributed by atoms with Gasteiger partial charge in [0.15, 0.2) is 5.82 Å². The zero-order chi connectivity index (χ0) is 16.1. The minimum Gasteiger partial charge on any atom is -0.497 e. The Morgan fingerprint density at radius 2 is 2.04 bits per heavy atom. The van der Waals surface area contributed by atoms with Gasteiger partial charge in [0, 0.05) is 24.4 Å². The number of ether oxygens (including phenoxy) is 1. The number of hydrogen-bond donors (Lipinski definition) is 2. The molecule has 0 radical (unpaired) electrons. The number of methoxy groups -OCH3 is 1. The highest BCUT2D eigenvalue weighted by molar-refractivity contribution is 5.78. The van der Waals surface area contributed by atoms with Crippen molar-refractivity contribution >= 4 is 5.91 Å². The predicted octanol–water partition coefficient (Wildman–Crippen LogP) is 2.33. The number of amides is 1. The molecule has 2 N–H and O–H groups in total. The molecule has 0 atom stereocenters. The second-order valence-electron chi connectivity index (χ2n) is 5.86. The van der Waals surface area contributed by atoms with E-state index in [4.69, 9.17) is 4.74 Å². The molecule has 2 aromatic rings. The molecule has 1 aromatic heterocycles. The van der Waals surface area contributed by atoms with Gasteiger partial charge in [-0.05, 0) is 37.1 Å². The van der Waals surface area contributed by atoms with Crippen LogP contribution in [0.5, 0.6) is 5.75 Å². The van der Waals surface area contributed by atoms with Gasteiger partial charge in [0.2, 0.25) is 5.91 Å². The SMILES string of the molecule is COc1ccc(-c2n[nH]c(CCNC(=O)C3CCCC3)n2)cc1. The molecule has 0 unspecified atom stereocenters. The quantitative estimate of drug-likeness (QED) is 0.857. The highest BCUT2D eigenvalue weighted by Crippen LogP contribution is 2.24. The number of aromatic nitrogens is 3. The topological polar surface area (TPSA) is 79.9 Å². The molecular formula is C17H22N4O2. The van der Waals surface area contributed by atoms with Crippen molar-refractivity contribution in [3.8, 4) is 17.1 Å². The summed E-state index contributed by atoms with van der Waals surface area (Å²) in [5.74, 6) is 2.63. The fourth-order valence-electron chi connectivity index (χ4n) is 2.91. The summed E-state index contributed by atoms with van der Waals surface area (Å²) in [6, 6.07) is 7.61. The van der Waals surface area contributed by atoms with E-state index < -0.39 is 0 Å². The lowest BCUT2D eigenvalue weighted by Gasteiger charge is -2.09. The van der Waals surface area contributed by atoms with Crippen LogP contribution in [-0.4, -0.2) is 34.7 Å². The van der Waals surface area contributed by atoms with Crippen molar-refractivity contribution in [1.82, 2.24) is 20.5 Å². The van der Waals surface area contributed by atoms with Gasteiger partial charge in [-0.1, -0.05) is 12.8 Å². The molecule has 1 aliphatic carbocycles. The van der Waals surface area contributed by atoms with E-state index in [0.29, 0.717) is 18.8 Å². The number of hydrogen-bond acceptors (Lipinski definition) is 4. The molecule has 1 aliphatic rings. The normalized spacial score (nSPS) is 14.8. The highest BCUT2D eigenvalue weighted by atomic mass is 16.5. The summed E-state index contributed by atoms with van der Waals surface area (Å²) in [5, 5.41) is 10.2. The number of carbonyl (C=O) groups is 1. The van der Waals surface area contributed by atoms with Crippen molar-refractivity contribution in [3.05, 3.63) is 30.1 Å². The van der Waals surface area contributed by atoms with Crippen LogP contribution in [0.1, 0.15) is 31.5 Å². The van der Waals surface area contributed by atoms with Gasteiger partial charge in [-0.25, -0.2) is 4.98 Å². The summed E-state index contributed by atoms with van der Waals surface area (Å²) in [7, 11) is 1.64. The maximum atomic E-state index is 12.0. The van der Waals surface area contributed by atoms with Gasteiger partial charge in [-0.2, -0.15) is 5.10 Å². The molecule has 23 heavy (non-hydrogen) atoms. The van der Waals surface area contributed by atoms with E-state index in [1.807, 2.05) is 24.3 Å². The summed E-state index contributed by atoms with van der Waals surface area (Å²) in [6.45, 7) is 0.590. The molecule has 1 amide bonds. The standard InChI is InChI=1S/C17H22N4O2/c1-23-14-8-6-12(7-9-14)16-19-15(20-21-16)10-11-18-17(22)13-4-2-3-5-13/h6-9,13H,2-5,10-11H2,1H3,(H,18,22)(H,19,20,21). The first kappa shape index (κ1) is 15.5. The van der Waals surface area contributed by atoms with Crippen molar-refractivity contribution in [2.75, 3.05) is 13.7 Å². The largest absolute Gasteiger partial charge is 0.497 e. The Kier molecular flexibility index (Phi) is 4.90. The number of nitrogens with one attached hydrogen (secondary N) is 2. The van der Waals surface area contributed by atoms with Crippen molar-refractivity contribution in [3.63, 3.8) is 0 Å². The van der Waals surface area contributed by atoms with E-state index in [1.165, 1.54) is 12.8 Å². The van der Waals surface area contributed by atoms with Crippen LogP contribution in [0.2, 0.25) is 0 Å². The fraction of sp³-hybridized carbons (Fsp3) is 0.471. The molecule has 0 aliphatic heterocycles. The van der Waals surface area contributed by atoms with Gasteiger partial charge in [0.25, 0.3) is 0 Å². The molecule has 1 aromatic carbocycles. The summed E-state index contributed by atoms with van der Waals surface area (Å²) in [4.78, 5) is 16.4. The number of aromatic amines is 1. The molecule has 1 heterocycles. The van der Waals surface area contributed by atoms with Gasteiger partial charge in [-0.15, -0.1) is 0 Å². The Hall–Kier alpha value is -2.37. The number of carbonyl (C=O) groups excluding carboxylic acids is 1. The molecule has 1 saturated carbocycles. The average Bonchev–Trinajstić information content (AvgIpc) is 3.27. The lowest BCUT2D eigenvalue weighted by atomic mass is 10.1. The molecule has 1 fully saturated rings. The maximum Gasteiger partial charge on any atom is 0.223 e. The first-order valence-electron chi connectivity index (χ1n) is 8.09. The highest BCUT2D eigenvalue weighted by Gasteiger charge is 2.22. The fourth-order valence-corrected chi connectivity index (χ4v) is 2.91. The first-order valence-corrected chi connectivity index (χ1v) is 8.09. The second kappa shape index (κ2) is 7.26. The Bertz CT molecular complexity index is 645. The van der Waals surface area contributed by atoms with E-state index in [9.17, 15) is 4.79 Å². The van der Waals surface area contributed by atoms with Crippen molar-refractivity contribution in [2.24, 2.45) is 5.92 Å². The molecule has 122 valence electrons. The van der Waals surface area contributed by atoms with Crippen molar-refractivity contribution in [2.45, 2.75) is 32.1 Å². The molecule has 3 rings (SSSR count). The minimum atomic E-state index is 0.178. The molecule has 6 nitrogen and oxygen atoms in total. The van der Waals surface area contributed by atoms with E-state index in [-0.39, 0.29) is 11.8 Å². The number of nitrogens with zero attached hydrogens (tertiary/aromatic N) is 2. The van der Waals surface area contributed by atoms with Crippen LogP contribution in [0, 0.1) is 5.92 Å². The third-order valence-corrected chi connectivity index (χ3v) is 4.27. The third kappa shape index (κ3) is 3.88. The summed E-state index contributed by atoms with van der Waals surface area (Å²) >= 11 is 0. The Morgan fingerprint density at radius 1 is 1.30 bits per heavy atom. The van der Waals surface area contributed by atoms with Gasteiger partial charge >= 0.3 is 0 Å². The molecule has 0 spiro atoms. The van der Waals surface area contributed by atoms with E-state index in [2.05, 4.69) is 20.5 Å². The van der Waals surface area contributed by atoms with E-state index in [0.717, 1.165) is 30.0 Å². The van der Waals surface area contributed by atoms with Crippen molar-refractivity contribution < 1.29 is 9.53 Å². The van der Waals surface area contributed by atoms with Gasteiger partial charge in [0.1, 0.15) is 11.6 Å². The van der Waals surface area contributed by atoms with Crippen LogP contribution in [0.25, 0.3) is 11.4 Å². The van der Waals surface area contributed by atoms with E-state index >= 15 is 0 Å². The summed E-state index contributed by atoms with van der Waals surface area (Å²) in [6.07, 6.45) is 5.05. The summed E-state index contributed by atoms with van der Waals surface area (Å²) in [5.41, 5.74) is 0.934. The first-order chi connectivity index (χ1) is 11.3. The summed E-state index contributed by atoms with van der Waals surface area (Å²) < 4.78 is 5.14. The van der Waals surface area contributed by atoms with Gasteiger partial charge in [0.05, 0.1) is 7.11 Å². The van der Waals surface area contributed by atoms with Crippen LogP contribution in [0.3, 0.4) is 0 Å². The number of rotatable bonds is 6. The van der Waals surface area contributed by atoms with E-state index in [1.54, 1.807) is 7.11 Å². The number of H-pyrrole nitrogens is 1. The minimum absolute atomic E-state index is 0.178. The van der Waals surface area contributed by atoms with Crippen LogP contribution >= 0.6 is 0 Å². The van der Waals surface area contributed by atoms with Crippen LogP contribution in [-0.2, 0) is 11.2 Å². The second-order valence-corrected chi connectivity index (χ2v) is 5.86. The van der Waals surface area contributed by atoms with Crippen LogP contribution in [0.4, 0.5) is 0 Å². The lowest BCUT2D eigenvalue weighted by molar-refractivity contribution is -0.124. The zero-order valence-electron chi connectivity index (χ0n) is 13.3. The Balaban J connectivity index is 1.51. The maximum absolute atomic E-state index is 12.0. The Labute approximate surface area is 135 Å². The average molecular weight is 314 g/mol. The number of benzene rings is 1. The monoisotopic (exact) mass is 314 g/mol. The zero-order valence-corrected chi connectivity index (χ0v) is 13.3. The predicted molar refractivity (Wildman–Crippen MR) is 87.0 cm³/mol. The van der Waals surface area contributed by atoms with Crippen LogP contribution < -0.4 is 10.1 Å². The molecule has 6 heteroatoms. The van der Waals surface area contributed by atoms with Crippen molar-refractivity contribution in [1.29, 1.82) is 0 Å². The molecular weight excluding hydrogens is 292 g/mol.